The summed E-state index contributed by atoms with van der Waals surface area (Å²) in [5.41, 5.74) is 7.74. The summed E-state index contributed by atoms with van der Waals surface area (Å²) < 4.78 is 20.5. The lowest BCUT2D eigenvalue weighted by Gasteiger charge is -2.18. The molecule has 0 saturated carbocycles. The second-order valence-electron chi connectivity index (χ2n) is 7.14. The van der Waals surface area contributed by atoms with E-state index in [-0.39, 0.29) is 24.5 Å². The smallest absolute Gasteiger partial charge is 0.355 e. The Bertz CT molecular complexity index is 1060. The SMILES string of the molecule is CCOC(=O)c1cc2ccccc2n1C1C[C@@H](c2ccc(F)cc2)[C@@H](C(N)=O)N1. The van der Waals surface area contributed by atoms with Crippen molar-refractivity contribution in [2.45, 2.75) is 31.5 Å². The number of nitrogens with one attached hydrogen (secondary N) is 1. The average Bonchev–Trinajstić information content (AvgIpc) is 3.30. The van der Waals surface area contributed by atoms with Gasteiger partial charge in [-0.2, -0.15) is 0 Å². The van der Waals surface area contributed by atoms with Gasteiger partial charge in [0.15, 0.2) is 0 Å². The number of aromatic nitrogens is 1. The zero-order valence-corrected chi connectivity index (χ0v) is 16.0. The molecule has 1 fully saturated rings. The Morgan fingerprint density at radius 2 is 1.93 bits per heavy atom. The highest BCUT2D eigenvalue weighted by Gasteiger charge is 2.40. The van der Waals surface area contributed by atoms with Gasteiger partial charge in [-0.3, -0.25) is 10.1 Å². The summed E-state index contributed by atoms with van der Waals surface area (Å²) in [5, 5.41) is 4.17. The number of rotatable bonds is 5. The highest BCUT2D eigenvalue weighted by atomic mass is 19.1. The van der Waals surface area contributed by atoms with E-state index in [0.717, 1.165) is 16.5 Å². The third-order valence-electron chi connectivity index (χ3n) is 5.40. The van der Waals surface area contributed by atoms with Crippen LogP contribution in [0.5, 0.6) is 0 Å². The quantitative estimate of drug-likeness (QED) is 0.650. The lowest BCUT2D eigenvalue weighted by molar-refractivity contribution is -0.120. The number of benzene rings is 2. The van der Waals surface area contributed by atoms with Gasteiger partial charge in [-0.15, -0.1) is 0 Å². The van der Waals surface area contributed by atoms with Gasteiger partial charge in [-0.1, -0.05) is 30.3 Å². The van der Waals surface area contributed by atoms with Crippen molar-refractivity contribution in [3.05, 3.63) is 71.7 Å². The minimum Gasteiger partial charge on any atom is -0.461 e. The van der Waals surface area contributed by atoms with Crippen molar-refractivity contribution >= 4 is 22.8 Å². The molecule has 2 heterocycles. The molecule has 2 aromatic carbocycles. The third kappa shape index (κ3) is 3.49. The van der Waals surface area contributed by atoms with Gasteiger partial charge in [-0.05, 0) is 43.2 Å². The molecule has 1 saturated heterocycles. The Morgan fingerprint density at radius 3 is 2.62 bits per heavy atom. The van der Waals surface area contributed by atoms with Crippen molar-refractivity contribution in [1.82, 2.24) is 9.88 Å². The molecular weight excluding hydrogens is 373 g/mol. The minimum absolute atomic E-state index is 0.241. The molecule has 0 bridgehead atoms. The molecule has 1 aromatic heterocycles. The molecule has 0 radical (unpaired) electrons. The number of ether oxygens (including phenoxy) is 1. The van der Waals surface area contributed by atoms with Crippen LogP contribution in [0.15, 0.2) is 54.6 Å². The molecule has 1 unspecified atom stereocenters. The van der Waals surface area contributed by atoms with Gasteiger partial charge in [0.25, 0.3) is 0 Å². The maximum Gasteiger partial charge on any atom is 0.355 e. The molecule has 6 nitrogen and oxygen atoms in total. The fourth-order valence-electron chi connectivity index (χ4n) is 4.14. The molecule has 1 aliphatic rings. The van der Waals surface area contributed by atoms with Gasteiger partial charge < -0.3 is 15.0 Å². The van der Waals surface area contributed by atoms with Crippen LogP contribution in [0.3, 0.4) is 0 Å². The molecule has 3 aromatic rings. The van der Waals surface area contributed by atoms with Crippen LogP contribution in [0.1, 0.15) is 41.5 Å². The van der Waals surface area contributed by atoms with Crippen LogP contribution >= 0.6 is 0 Å². The molecule has 0 aliphatic carbocycles. The number of halogens is 1. The first-order valence-corrected chi connectivity index (χ1v) is 9.57. The lowest BCUT2D eigenvalue weighted by atomic mass is 9.91. The summed E-state index contributed by atoms with van der Waals surface area (Å²) in [6, 6.07) is 14.9. The summed E-state index contributed by atoms with van der Waals surface area (Å²) >= 11 is 0. The Labute approximate surface area is 167 Å². The molecule has 0 spiro atoms. The number of nitrogens with two attached hydrogens (primary N) is 1. The highest BCUT2D eigenvalue weighted by molar-refractivity contribution is 5.96. The van der Waals surface area contributed by atoms with Gasteiger partial charge in [0.1, 0.15) is 11.5 Å². The predicted octanol–water partition coefficient (Wildman–Crippen LogP) is 3.09. The van der Waals surface area contributed by atoms with Crippen LogP contribution < -0.4 is 11.1 Å². The van der Waals surface area contributed by atoms with Gasteiger partial charge in [0.2, 0.25) is 5.91 Å². The van der Waals surface area contributed by atoms with E-state index in [1.54, 1.807) is 25.1 Å². The molecule has 3 N–H and O–H groups in total. The maximum absolute atomic E-state index is 13.4. The lowest BCUT2D eigenvalue weighted by Crippen LogP contribution is -2.41. The van der Waals surface area contributed by atoms with Crippen LogP contribution in [0.25, 0.3) is 10.9 Å². The summed E-state index contributed by atoms with van der Waals surface area (Å²) in [5.74, 6) is -1.50. The van der Waals surface area contributed by atoms with Crippen molar-refractivity contribution in [1.29, 1.82) is 0 Å². The maximum atomic E-state index is 13.4. The second kappa shape index (κ2) is 7.67. The first-order chi connectivity index (χ1) is 14.0. The van der Waals surface area contributed by atoms with Crippen molar-refractivity contribution in [2.24, 2.45) is 5.73 Å². The number of fused-ring (bicyclic) bond motifs is 1. The van der Waals surface area contributed by atoms with Crippen molar-refractivity contribution in [2.75, 3.05) is 6.61 Å². The number of carbonyl (C=O) groups is 2. The number of primary amides is 1. The van der Waals surface area contributed by atoms with E-state index >= 15 is 0 Å². The summed E-state index contributed by atoms with van der Waals surface area (Å²) in [6.45, 7) is 2.02. The van der Waals surface area contributed by atoms with Crippen LogP contribution in [0, 0.1) is 5.82 Å². The number of carbonyl (C=O) groups excluding carboxylic acids is 2. The highest BCUT2D eigenvalue weighted by Crippen LogP contribution is 2.38. The number of para-hydroxylation sites is 1. The van der Waals surface area contributed by atoms with Crippen LogP contribution in [0.2, 0.25) is 0 Å². The van der Waals surface area contributed by atoms with Crippen molar-refractivity contribution < 1.29 is 18.7 Å². The van der Waals surface area contributed by atoms with E-state index in [9.17, 15) is 14.0 Å². The molecule has 150 valence electrons. The fraction of sp³-hybridized carbons (Fsp3) is 0.273. The average molecular weight is 395 g/mol. The van der Waals surface area contributed by atoms with Crippen molar-refractivity contribution in [3.63, 3.8) is 0 Å². The van der Waals surface area contributed by atoms with E-state index < -0.39 is 17.9 Å². The normalized spacial score (nSPS) is 21.4. The molecular formula is C22H22FN3O3. The van der Waals surface area contributed by atoms with E-state index in [1.807, 2.05) is 28.8 Å². The monoisotopic (exact) mass is 395 g/mol. The molecule has 29 heavy (non-hydrogen) atoms. The van der Waals surface area contributed by atoms with E-state index in [4.69, 9.17) is 10.5 Å². The first-order valence-electron chi connectivity index (χ1n) is 9.57. The van der Waals surface area contributed by atoms with Gasteiger partial charge in [-0.25, -0.2) is 9.18 Å². The Balaban J connectivity index is 1.77. The van der Waals surface area contributed by atoms with Crippen molar-refractivity contribution in [3.8, 4) is 0 Å². The number of nitrogens with zero attached hydrogens (tertiary/aromatic N) is 1. The van der Waals surface area contributed by atoms with Crippen LogP contribution in [-0.4, -0.2) is 29.1 Å². The fourth-order valence-corrected chi connectivity index (χ4v) is 4.14. The number of amides is 1. The van der Waals surface area contributed by atoms with Crippen LogP contribution in [-0.2, 0) is 9.53 Å². The predicted molar refractivity (Wildman–Crippen MR) is 107 cm³/mol. The van der Waals surface area contributed by atoms with E-state index in [0.29, 0.717) is 12.1 Å². The number of hydrogen-bond acceptors (Lipinski definition) is 4. The zero-order valence-electron chi connectivity index (χ0n) is 16.0. The standard InChI is InChI=1S/C22H22FN3O3/c1-2-29-22(28)18-11-14-5-3-4-6-17(14)26(18)19-12-16(20(25-19)21(24)27)13-7-9-15(23)10-8-13/h3-11,16,19-20,25H,2,12H2,1H3,(H2,24,27)/t16-,19?,20-/m0/s1. The summed E-state index contributed by atoms with van der Waals surface area (Å²) in [7, 11) is 0. The third-order valence-corrected chi connectivity index (χ3v) is 5.40. The number of hydrogen-bond donors (Lipinski definition) is 2. The summed E-state index contributed by atoms with van der Waals surface area (Å²) in [6.07, 6.45) is 0.173. The molecule has 1 aliphatic heterocycles. The first kappa shape index (κ1) is 19.1. The molecule has 7 heteroatoms. The zero-order chi connectivity index (χ0) is 20.5. The molecule has 3 atom stereocenters. The van der Waals surface area contributed by atoms with Gasteiger partial charge >= 0.3 is 5.97 Å². The number of esters is 1. The molecule has 1 amide bonds. The Kier molecular flexibility index (Phi) is 5.07. The van der Waals surface area contributed by atoms with E-state index in [2.05, 4.69) is 5.32 Å². The van der Waals surface area contributed by atoms with Gasteiger partial charge in [0.05, 0.1) is 24.3 Å². The summed E-state index contributed by atoms with van der Waals surface area (Å²) in [4.78, 5) is 24.7. The minimum atomic E-state index is -0.637. The largest absolute Gasteiger partial charge is 0.461 e. The van der Waals surface area contributed by atoms with Gasteiger partial charge in [0, 0.05) is 11.3 Å². The Hall–Kier alpha value is -3.19. The second-order valence-corrected chi connectivity index (χ2v) is 7.14. The Morgan fingerprint density at radius 1 is 1.21 bits per heavy atom. The van der Waals surface area contributed by atoms with Crippen LogP contribution in [0.4, 0.5) is 4.39 Å². The topological polar surface area (TPSA) is 86.3 Å². The molecule has 4 rings (SSSR count). The van der Waals surface area contributed by atoms with E-state index in [1.165, 1.54) is 12.1 Å².